The molecule has 0 N–H and O–H groups in total. The molecule has 0 amide bonds. The number of hydrogen-bond acceptors (Lipinski definition) is 5. The zero-order valence-electron chi connectivity index (χ0n) is 8.86. The third-order valence-electron chi connectivity index (χ3n) is 1.56. The van der Waals surface area contributed by atoms with Gasteiger partial charge in [-0.3, -0.25) is 9.59 Å². The van der Waals surface area contributed by atoms with Gasteiger partial charge in [0.05, 0.1) is 13.2 Å². The van der Waals surface area contributed by atoms with E-state index in [0.29, 0.717) is 19.3 Å². The Hall–Kier alpha value is -1.39. The molecule has 0 aromatic rings. The third kappa shape index (κ3) is 10.5. The van der Waals surface area contributed by atoms with Crippen molar-refractivity contribution in [1.29, 1.82) is 0 Å². The van der Waals surface area contributed by atoms with E-state index in [1.807, 2.05) is 0 Å². The molecule has 0 spiro atoms. The average molecular weight is 216 g/mol. The first-order chi connectivity index (χ1) is 7.16. The maximum atomic E-state index is 11.0. The van der Waals surface area contributed by atoms with E-state index in [0.717, 1.165) is 6.29 Å². The molecule has 0 aromatic heterocycles. The summed E-state index contributed by atoms with van der Waals surface area (Å²) in [5.74, 6) is -0.678. The summed E-state index contributed by atoms with van der Waals surface area (Å²) in [6.45, 7) is 1.82. The number of ether oxygens (including phenoxy) is 2. The summed E-state index contributed by atoms with van der Waals surface area (Å²) < 4.78 is 9.46. The Kier molecular flexibility index (Phi) is 8.33. The number of hydrogen-bond donors (Lipinski definition) is 0. The molecule has 5 heteroatoms. The van der Waals surface area contributed by atoms with E-state index in [1.165, 1.54) is 6.92 Å². The van der Waals surface area contributed by atoms with E-state index in [2.05, 4.69) is 4.74 Å². The summed E-state index contributed by atoms with van der Waals surface area (Å²) in [4.78, 5) is 31.3. The monoisotopic (exact) mass is 216 g/mol. The summed E-state index contributed by atoms with van der Waals surface area (Å²) in [5, 5.41) is 0. The Morgan fingerprint density at radius 1 is 1.13 bits per heavy atom. The standard InChI is InChI=1S/C10H16O5/c1-9(12)14-8-4-5-10(13)15-7-3-2-6-11/h6H,2-5,7-8H2,1H3. The molecule has 0 radical (unpaired) electrons. The minimum atomic E-state index is -0.352. The van der Waals surface area contributed by atoms with E-state index in [4.69, 9.17) is 4.74 Å². The Balaban J connectivity index is 3.25. The number of unbranched alkanes of at least 4 members (excludes halogenated alkanes) is 1. The van der Waals surface area contributed by atoms with Crippen LogP contribution in [-0.4, -0.2) is 31.4 Å². The summed E-state index contributed by atoms with van der Waals surface area (Å²) in [6.07, 6.45) is 2.44. The van der Waals surface area contributed by atoms with Gasteiger partial charge >= 0.3 is 11.9 Å². The minimum Gasteiger partial charge on any atom is -0.466 e. The van der Waals surface area contributed by atoms with Crippen molar-refractivity contribution >= 4 is 18.2 Å². The van der Waals surface area contributed by atoms with Crippen molar-refractivity contribution in [3.05, 3.63) is 0 Å². The molecule has 5 nitrogen and oxygen atoms in total. The lowest BCUT2D eigenvalue weighted by atomic mass is 10.3. The molecule has 0 saturated heterocycles. The fraction of sp³-hybridized carbons (Fsp3) is 0.700. The van der Waals surface area contributed by atoms with E-state index in [9.17, 15) is 14.4 Å². The second kappa shape index (κ2) is 9.18. The van der Waals surface area contributed by atoms with E-state index in [-0.39, 0.29) is 31.6 Å². The second-order valence-corrected chi connectivity index (χ2v) is 2.97. The maximum Gasteiger partial charge on any atom is 0.305 e. The third-order valence-corrected chi connectivity index (χ3v) is 1.56. The summed E-state index contributed by atoms with van der Waals surface area (Å²) in [7, 11) is 0. The van der Waals surface area contributed by atoms with Gasteiger partial charge < -0.3 is 14.3 Å². The molecular weight excluding hydrogens is 200 g/mol. The Morgan fingerprint density at radius 2 is 1.80 bits per heavy atom. The molecule has 0 unspecified atom stereocenters. The van der Waals surface area contributed by atoms with E-state index in [1.54, 1.807) is 0 Å². The molecule has 0 saturated carbocycles. The van der Waals surface area contributed by atoms with Gasteiger partial charge in [-0.25, -0.2) is 0 Å². The molecule has 15 heavy (non-hydrogen) atoms. The minimum absolute atomic E-state index is 0.231. The highest BCUT2D eigenvalue weighted by Gasteiger charge is 2.02. The molecular formula is C10H16O5. The Labute approximate surface area is 88.7 Å². The molecule has 0 rings (SSSR count). The number of aldehydes is 1. The smallest absolute Gasteiger partial charge is 0.305 e. The largest absolute Gasteiger partial charge is 0.466 e. The van der Waals surface area contributed by atoms with Crippen LogP contribution in [0.3, 0.4) is 0 Å². The van der Waals surface area contributed by atoms with Crippen LogP contribution < -0.4 is 0 Å². The first-order valence-corrected chi connectivity index (χ1v) is 4.89. The van der Waals surface area contributed by atoms with Gasteiger partial charge in [0.1, 0.15) is 6.29 Å². The highest BCUT2D eigenvalue weighted by atomic mass is 16.5. The van der Waals surface area contributed by atoms with Crippen molar-refractivity contribution in [1.82, 2.24) is 0 Å². The van der Waals surface area contributed by atoms with Crippen LogP contribution in [0.2, 0.25) is 0 Å². The van der Waals surface area contributed by atoms with Crippen molar-refractivity contribution < 1.29 is 23.9 Å². The van der Waals surface area contributed by atoms with Crippen LogP contribution in [0.15, 0.2) is 0 Å². The van der Waals surface area contributed by atoms with E-state index < -0.39 is 0 Å². The number of esters is 2. The highest BCUT2D eigenvalue weighted by Crippen LogP contribution is 1.96. The molecule has 0 aliphatic heterocycles. The van der Waals surface area contributed by atoms with Crippen molar-refractivity contribution in [2.45, 2.75) is 32.6 Å². The number of carbonyl (C=O) groups is 3. The molecule has 0 atom stereocenters. The zero-order valence-corrected chi connectivity index (χ0v) is 8.86. The van der Waals surface area contributed by atoms with Crippen LogP contribution in [0.5, 0.6) is 0 Å². The van der Waals surface area contributed by atoms with Crippen LogP contribution in [0.25, 0.3) is 0 Å². The number of rotatable bonds is 8. The molecule has 0 aliphatic rings. The first-order valence-electron chi connectivity index (χ1n) is 4.89. The Morgan fingerprint density at radius 3 is 2.40 bits per heavy atom. The summed E-state index contributed by atoms with van der Waals surface area (Å²) in [5.41, 5.74) is 0. The second-order valence-electron chi connectivity index (χ2n) is 2.97. The zero-order chi connectivity index (χ0) is 11.5. The van der Waals surface area contributed by atoms with Gasteiger partial charge in [-0.05, 0) is 12.8 Å². The summed E-state index contributed by atoms with van der Waals surface area (Å²) >= 11 is 0. The average Bonchev–Trinajstić information content (AvgIpc) is 2.19. The summed E-state index contributed by atoms with van der Waals surface area (Å²) in [6, 6.07) is 0. The fourth-order valence-corrected chi connectivity index (χ4v) is 0.857. The maximum absolute atomic E-state index is 11.0. The lowest BCUT2D eigenvalue weighted by molar-refractivity contribution is -0.146. The van der Waals surface area contributed by atoms with Crippen molar-refractivity contribution in [3.63, 3.8) is 0 Å². The SMILES string of the molecule is CC(=O)OCCCC(=O)OCCCC=O. The molecule has 0 aliphatic carbocycles. The van der Waals surface area contributed by atoms with Gasteiger partial charge in [0, 0.05) is 19.8 Å². The molecule has 0 aromatic carbocycles. The molecule has 0 heterocycles. The lowest BCUT2D eigenvalue weighted by Crippen LogP contribution is -2.08. The van der Waals surface area contributed by atoms with Crippen molar-refractivity contribution in [2.75, 3.05) is 13.2 Å². The molecule has 86 valence electrons. The van der Waals surface area contributed by atoms with Gasteiger partial charge in [0.15, 0.2) is 0 Å². The molecule has 0 fully saturated rings. The van der Waals surface area contributed by atoms with Crippen LogP contribution in [0, 0.1) is 0 Å². The lowest BCUT2D eigenvalue weighted by Gasteiger charge is -2.03. The van der Waals surface area contributed by atoms with Gasteiger partial charge in [0.25, 0.3) is 0 Å². The predicted molar refractivity (Wildman–Crippen MR) is 52.1 cm³/mol. The van der Waals surface area contributed by atoms with Gasteiger partial charge in [-0.1, -0.05) is 0 Å². The van der Waals surface area contributed by atoms with Gasteiger partial charge in [-0.2, -0.15) is 0 Å². The van der Waals surface area contributed by atoms with Crippen LogP contribution in [0.4, 0.5) is 0 Å². The van der Waals surface area contributed by atoms with Gasteiger partial charge in [0.2, 0.25) is 0 Å². The number of carbonyl (C=O) groups excluding carboxylic acids is 3. The van der Waals surface area contributed by atoms with Crippen LogP contribution >= 0.6 is 0 Å². The highest BCUT2D eigenvalue weighted by molar-refractivity contribution is 5.69. The first kappa shape index (κ1) is 13.6. The predicted octanol–water partition coefficient (Wildman–Crippen LogP) is 0.852. The molecule has 0 bridgehead atoms. The fourth-order valence-electron chi connectivity index (χ4n) is 0.857. The Bertz CT molecular complexity index is 212. The van der Waals surface area contributed by atoms with Gasteiger partial charge in [-0.15, -0.1) is 0 Å². The normalized spacial score (nSPS) is 9.40. The topological polar surface area (TPSA) is 69.7 Å². The van der Waals surface area contributed by atoms with Crippen LogP contribution in [0.1, 0.15) is 32.6 Å². The van der Waals surface area contributed by atoms with Crippen LogP contribution in [-0.2, 0) is 23.9 Å². The van der Waals surface area contributed by atoms with E-state index >= 15 is 0 Å². The quantitative estimate of drug-likeness (QED) is 0.342. The van der Waals surface area contributed by atoms with Crippen molar-refractivity contribution in [3.8, 4) is 0 Å². The van der Waals surface area contributed by atoms with Crippen molar-refractivity contribution in [2.24, 2.45) is 0 Å².